The molecule has 1 aromatic rings. The second kappa shape index (κ2) is 5.94. The lowest BCUT2D eigenvalue weighted by molar-refractivity contribution is 0.149. The van der Waals surface area contributed by atoms with Gasteiger partial charge in [-0.1, -0.05) is 30.3 Å². The normalized spacial score (nSPS) is 10.6. The van der Waals surface area contributed by atoms with E-state index in [4.69, 9.17) is 10.6 Å². The summed E-state index contributed by atoms with van der Waals surface area (Å²) in [5.74, 6) is 5.10. The van der Waals surface area contributed by atoms with Crippen molar-refractivity contribution in [3.63, 3.8) is 0 Å². The van der Waals surface area contributed by atoms with Gasteiger partial charge in [-0.05, 0) is 11.1 Å². The zero-order chi connectivity index (χ0) is 10.2. The van der Waals surface area contributed by atoms with Gasteiger partial charge < -0.3 is 10.6 Å². The van der Waals surface area contributed by atoms with Crippen LogP contribution in [0.2, 0.25) is 0 Å². The number of rotatable bonds is 5. The van der Waals surface area contributed by atoms with E-state index in [1.807, 2.05) is 24.3 Å². The first-order chi connectivity index (χ1) is 6.88. The molecule has 0 radical (unpaired) electrons. The van der Waals surface area contributed by atoms with E-state index in [2.05, 4.69) is 11.7 Å². The van der Waals surface area contributed by atoms with Crippen molar-refractivity contribution in [2.75, 3.05) is 6.61 Å². The molecule has 1 rings (SSSR count). The molecule has 0 aliphatic heterocycles. The summed E-state index contributed by atoms with van der Waals surface area (Å²) in [6, 6.07) is 7.83. The lowest BCUT2D eigenvalue weighted by atomic mass is 10.1. The number of hydrogen-bond acceptors (Lipinski definition) is 3. The van der Waals surface area contributed by atoms with Crippen LogP contribution in [0.1, 0.15) is 11.1 Å². The summed E-state index contributed by atoms with van der Waals surface area (Å²) in [5, 5.41) is 3.49. The summed E-state index contributed by atoms with van der Waals surface area (Å²) in [7, 11) is 0. The van der Waals surface area contributed by atoms with Gasteiger partial charge in [0.15, 0.2) is 0 Å². The second-order valence-electron chi connectivity index (χ2n) is 2.78. The van der Waals surface area contributed by atoms with Gasteiger partial charge in [0.25, 0.3) is 0 Å². The third kappa shape index (κ3) is 3.03. The zero-order valence-electron chi connectivity index (χ0n) is 8.02. The largest absolute Gasteiger partial charge is 0.373 e. The maximum absolute atomic E-state index is 5.34. The van der Waals surface area contributed by atoms with Gasteiger partial charge in [-0.25, -0.2) is 0 Å². The van der Waals surface area contributed by atoms with Gasteiger partial charge in [-0.2, -0.15) is 5.10 Å². The predicted molar refractivity (Wildman–Crippen MR) is 58.1 cm³/mol. The number of hydrogen-bond donors (Lipinski definition) is 1. The highest BCUT2D eigenvalue weighted by atomic mass is 16.5. The Kier molecular flexibility index (Phi) is 4.44. The first-order valence-corrected chi connectivity index (χ1v) is 4.38. The third-order valence-corrected chi connectivity index (χ3v) is 1.76. The Hall–Kier alpha value is -1.61. The Balaban J connectivity index is 2.68. The van der Waals surface area contributed by atoms with E-state index in [1.54, 1.807) is 12.3 Å². The zero-order valence-corrected chi connectivity index (χ0v) is 8.02. The van der Waals surface area contributed by atoms with E-state index < -0.39 is 0 Å². The minimum absolute atomic E-state index is 0.550. The van der Waals surface area contributed by atoms with Crippen LogP contribution in [-0.4, -0.2) is 12.8 Å². The van der Waals surface area contributed by atoms with E-state index in [-0.39, 0.29) is 0 Å². The molecule has 74 valence electrons. The van der Waals surface area contributed by atoms with Crippen molar-refractivity contribution in [3.8, 4) is 0 Å². The molecule has 1 aromatic carbocycles. The number of ether oxygens (including phenoxy) is 1. The Morgan fingerprint density at radius 2 is 2.21 bits per heavy atom. The molecule has 0 bridgehead atoms. The Labute approximate surface area is 83.9 Å². The molecule has 3 heteroatoms. The van der Waals surface area contributed by atoms with Crippen molar-refractivity contribution in [2.24, 2.45) is 10.9 Å². The molecule has 0 amide bonds. The highest BCUT2D eigenvalue weighted by molar-refractivity contribution is 5.81. The lowest BCUT2D eigenvalue weighted by Gasteiger charge is -2.04. The molecule has 0 heterocycles. The van der Waals surface area contributed by atoms with Gasteiger partial charge in [-0.3, -0.25) is 0 Å². The van der Waals surface area contributed by atoms with Gasteiger partial charge in [0.1, 0.15) is 0 Å². The summed E-state index contributed by atoms with van der Waals surface area (Å²) >= 11 is 0. The Bertz CT molecular complexity index is 321. The molecule has 0 spiro atoms. The van der Waals surface area contributed by atoms with E-state index in [0.717, 1.165) is 11.1 Å². The molecular formula is C11H14N2O. The standard InChI is InChI=1S/C11H14N2O/c1-2-7-14-9-11-6-4-3-5-10(11)8-13-12/h2-6,8H,1,7,9,12H2. The van der Waals surface area contributed by atoms with E-state index in [0.29, 0.717) is 13.2 Å². The number of hydrazone groups is 1. The van der Waals surface area contributed by atoms with Crippen LogP contribution >= 0.6 is 0 Å². The quantitative estimate of drug-likeness (QED) is 0.252. The van der Waals surface area contributed by atoms with Gasteiger partial charge in [-0.15, -0.1) is 6.58 Å². The van der Waals surface area contributed by atoms with Crippen molar-refractivity contribution in [1.29, 1.82) is 0 Å². The smallest absolute Gasteiger partial charge is 0.0727 e. The predicted octanol–water partition coefficient (Wildman–Crippen LogP) is 1.68. The first kappa shape index (κ1) is 10.5. The maximum Gasteiger partial charge on any atom is 0.0727 e. The Morgan fingerprint density at radius 1 is 1.43 bits per heavy atom. The summed E-state index contributed by atoms with van der Waals surface area (Å²) in [5.41, 5.74) is 2.06. The maximum atomic E-state index is 5.34. The van der Waals surface area contributed by atoms with Crippen LogP contribution in [0.15, 0.2) is 42.0 Å². The van der Waals surface area contributed by atoms with Crippen molar-refractivity contribution >= 4 is 6.21 Å². The van der Waals surface area contributed by atoms with Crippen LogP contribution in [0.25, 0.3) is 0 Å². The van der Waals surface area contributed by atoms with E-state index in [1.165, 1.54) is 0 Å². The number of nitrogens with two attached hydrogens (primary N) is 1. The number of benzene rings is 1. The van der Waals surface area contributed by atoms with Crippen molar-refractivity contribution in [1.82, 2.24) is 0 Å². The fourth-order valence-electron chi connectivity index (χ4n) is 1.12. The average molecular weight is 190 g/mol. The summed E-state index contributed by atoms with van der Waals surface area (Å²) < 4.78 is 5.34. The molecule has 0 aromatic heterocycles. The third-order valence-electron chi connectivity index (χ3n) is 1.76. The SMILES string of the molecule is C=CCOCc1ccccc1C=NN. The topological polar surface area (TPSA) is 47.6 Å². The first-order valence-electron chi connectivity index (χ1n) is 4.38. The fourth-order valence-corrected chi connectivity index (χ4v) is 1.12. The van der Waals surface area contributed by atoms with Gasteiger partial charge >= 0.3 is 0 Å². The molecule has 0 aliphatic carbocycles. The van der Waals surface area contributed by atoms with Crippen LogP contribution in [0.5, 0.6) is 0 Å². The summed E-state index contributed by atoms with van der Waals surface area (Å²) in [6.45, 7) is 4.68. The molecule has 2 N–H and O–H groups in total. The van der Waals surface area contributed by atoms with Gasteiger partial charge in [0.2, 0.25) is 0 Å². The minimum atomic E-state index is 0.550. The van der Waals surface area contributed by atoms with Crippen molar-refractivity contribution < 1.29 is 4.74 Å². The summed E-state index contributed by atoms with van der Waals surface area (Å²) in [4.78, 5) is 0. The van der Waals surface area contributed by atoms with Crippen LogP contribution in [0.4, 0.5) is 0 Å². The van der Waals surface area contributed by atoms with Gasteiger partial charge in [0, 0.05) is 0 Å². The molecule has 0 saturated heterocycles. The van der Waals surface area contributed by atoms with Crippen LogP contribution < -0.4 is 5.84 Å². The van der Waals surface area contributed by atoms with Crippen LogP contribution in [-0.2, 0) is 11.3 Å². The fraction of sp³-hybridized carbons (Fsp3) is 0.182. The molecular weight excluding hydrogens is 176 g/mol. The lowest BCUT2D eigenvalue weighted by Crippen LogP contribution is -1.98. The highest BCUT2D eigenvalue weighted by Crippen LogP contribution is 2.07. The molecule has 0 atom stereocenters. The molecule has 0 saturated carbocycles. The van der Waals surface area contributed by atoms with Crippen LogP contribution in [0.3, 0.4) is 0 Å². The van der Waals surface area contributed by atoms with E-state index in [9.17, 15) is 0 Å². The summed E-state index contributed by atoms with van der Waals surface area (Å²) in [6.07, 6.45) is 3.34. The molecule has 3 nitrogen and oxygen atoms in total. The molecule has 14 heavy (non-hydrogen) atoms. The van der Waals surface area contributed by atoms with Crippen LogP contribution in [0, 0.1) is 0 Å². The monoisotopic (exact) mass is 190 g/mol. The average Bonchev–Trinajstić information content (AvgIpc) is 2.21. The minimum Gasteiger partial charge on any atom is -0.373 e. The van der Waals surface area contributed by atoms with Crippen molar-refractivity contribution in [2.45, 2.75) is 6.61 Å². The number of nitrogens with zero attached hydrogens (tertiary/aromatic N) is 1. The van der Waals surface area contributed by atoms with Gasteiger partial charge in [0.05, 0.1) is 19.4 Å². The van der Waals surface area contributed by atoms with E-state index >= 15 is 0 Å². The Morgan fingerprint density at radius 3 is 2.93 bits per heavy atom. The molecule has 0 fully saturated rings. The second-order valence-corrected chi connectivity index (χ2v) is 2.78. The molecule has 0 unspecified atom stereocenters. The molecule has 0 aliphatic rings. The van der Waals surface area contributed by atoms with Crippen molar-refractivity contribution in [3.05, 3.63) is 48.0 Å². The highest BCUT2D eigenvalue weighted by Gasteiger charge is 1.98.